The van der Waals surface area contributed by atoms with Crippen molar-refractivity contribution in [3.05, 3.63) is 53.6 Å². The van der Waals surface area contributed by atoms with E-state index in [4.69, 9.17) is 0 Å². The molecule has 0 aliphatic carbocycles. The third kappa shape index (κ3) is 3.70. The van der Waals surface area contributed by atoms with Gasteiger partial charge in [-0.05, 0) is 33.4 Å². The second-order valence-electron chi connectivity index (χ2n) is 8.36. The summed E-state index contributed by atoms with van der Waals surface area (Å²) in [6.45, 7) is 5.79. The van der Waals surface area contributed by atoms with Crippen LogP contribution in [0, 0.1) is 18.6 Å². The number of carbonyl (C=O) groups excluding carboxylic acids is 1. The van der Waals surface area contributed by atoms with Crippen molar-refractivity contribution in [3.8, 4) is 0 Å². The molecule has 8 nitrogen and oxygen atoms in total. The molecule has 1 saturated heterocycles. The number of nitrogens with one attached hydrogen (secondary N) is 2. The number of benzene rings is 1. The monoisotopic (exact) mass is 453 g/mol. The molecule has 1 aliphatic heterocycles. The van der Waals surface area contributed by atoms with E-state index in [-0.39, 0.29) is 22.4 Å². The van der Waals surface area contributed by atoms with Crippen LogP contribution >= 0.6 is 0 Å². The van der Waals surface area contributed by atoms with Crippen LogP contribution in [0.5, 0.6) is 0 Å². The lowest BCUT2D eigenvalue weighted by Crippen LogP contribution is -2.29. The maximum absolute atomic E-state index is 15.4. The topological polar surface area (TPSA) is 79.5 Å². The van der Waals surface area contributed by atoms with E-state index in [0.29, 0.717) is 23.7 Å². The van der Waals surface area contributed by atoms with Crippen molar-refractivity contribution < 1.29 is 13.6 Å². The van der Waals surface area contributed by atoms with Gasteiger partial charge in [-0.1, -0.05) is 0 Å². The summed E-state index contributed by atoms with van der Waals surface area (Å²) in [4.78, 5) is 19.4. The lowest BCUT2D eigenvalue weighted by molar-refractivity contribution is 0.102. The number of imidazole rings is 1. The highest BCUT2D eigenvalue weighted by Gasteiger charge is 2.28. The molecule has 1 amide bonds. The third-order valence-electron chi connectivity index (χ3n) is 6.15. The fraction of sp³-hybridized carbons (Fsp3) is 0.348. The summed E-state index contributed by atoms with van der Waals surface area (Å²) in [6, 6.07) is 2.90. The number of likely N-dealkylation sites (N-methyl/N-ethyl adjacent to an activating group) is 1. The molecular weight excluding hydrogens is 428 g/mol. The highest BCUT2D eigenvalue weighted by Crippen LogP contribution is 2.33. The summed E-state index contributed by atoms with van der Waals surface area (Å²) in [5, 5.41) is 11.1. The molecular formula is C23H25F2N7O. The number of fused-ring (bicyclic) bond motifs is 2. The van der Waals surface area contributed by atoms with Crippen LogP contribution in [0.3, 0.4) is 0 Å². The van der Waals surface area contributed by atoms with Crippen molar-refractivity contribution in [3.63, 3.8) is 0 Å². The van der Waals surface area contributed by atoms with Gasteiger partial charge in [0.1, 0.15) is 16.9 Å². The second kappa shape index (κ2) is 8.11. The summed E-state index contributed by atoms with van der Waals surface area (Å²) in [7, 11) is 1.91. The molecule has 0 radical (unpaired) electrons. The molecule has 1 fully saturated rings. The maximum Gasteiger partial charge on any atom is 0.260 e. The number of hydrogen-bond acceptors (Lipinski definition) is 5. The van der Waals surface area contributed by atoms with E-state index in [0.717, 1.165) is 25.2 Å². The number of halogens is 2. The fourth-order valence-electron chi connectivity index (χ4n) is 4.47. The predicted molar refractivity (Wildman–Crippen MR) is 123 cm³/mol. The van der Waals surface area contributed by atoms with E-state index in [1.807, 2.05) is 20.2 Å². The van der Waals surface area contributed by atoms with Crippen molar-refractivity contribution >= 4 is 33.8 Å². The van der Waals surface area contributed by atoms with E-state index in [9.17, 15) is 9.18 Å². The van der Waals surface area contributed by atoms with Crippen LogP contribution in [0.25, 0.3) is 16.6 Å². The highest BCUT2D eigenvalue weighted by atomic mass is 19.1. The van der Waals surface area contributed by atoms with Gasteiger partial charge < -0.3 is 19.9 Å². The Morgan fingerprint density at radius 3 is 2.76 bits per heavy atom. The van der Waals surface area contributed by atoms with Crippen molar-refractivity contribution in [1.29, 1.82) is 0 Å². The number of anilines is 2. The number of carbonyl (C=O) groups is 1. The first-order valence-corrected chi connectivity index (χ1v) is 11.0. The molecule has 33 heavy (non-hydrogen) atoms. The van der Waals surface area contributed by atoms with E-state index in [1.54, 1.807) is 24.0 Å². The van der Waals surface area contributed by atoms with Gasteiger partial charge in [-0.2, -0.15) is 5.10 Å². The zero-order chi connectivity index (χ0) is 23.3. The van der Waals surface area contributed by atoms with Crippen molar-refractivity contribution in [2.45, 2.75) is 32.9 Å². The average molecular weight is 453 g/mol. The van der Waals surface area contributed by atoms with Crippen LogP contribution in [-0.2, 0) is 6.54 Å². The Bertz CT molecular complexity index is 1380. The molecule has 2 N–H and O–H groups in total. The largest absolute Gasteiger partial charge is 0.369 e. The number of amides is 1. The van der Waals surface area contributed by atoms with Gasteiger partial charge in [-0.15, -0.1) is 0 Å². The van der Waals surface area contributed by atoms with Gasteiger partial charge in [-0.25, -0.2) is 13.8 Å². The molecule has 4 heterocycles. The molecule has 4 aromatic rings. The Morgan fingerprint density at radius 2 is 2.03 bits per heavy atom. The van der Waals surface area contributed by atoms with Crippen molar-refractivity contribution in [1.82, 2.24) is 24.5 Å². The quantitative estimate of drug-likeness (QED) is 0.485. The molecule has 3 aromatic heterocycles. The van der Waals surface area contributed by atoms with E-state index >= 15 is 4.39 Å². The lowest BCUT2D eigenvalue weighted by atomic mass is 10.1. The Morgan fingerprint density at radius 1 is 1.21 bits per heavy atom. The zero-order valence-electron chi connectivity index (χ0n) is 18.7. The average Bonchev–Trinajstić information content (AvgIpc) is 3.50. The van der Waals surface area contributed by atoms with Crippen LogP contribution in [0.4, 0.5) is 20.2 Å². The summed E-state index contributed by atoms with van der Waals surface area (Å²) in [5.41, 5.74) is 1.86. The number of nitrogens with zero attached hydrogens (tertiary/aromatic N) is 5. The second-order valence-corrected chi connectivity index (χ2v) is 8.36. The van der Waals surface area contributed by atoms with Crippen molar-refractivity contribution in [2.24, 2.45) is 0 Å². The van der Waals surface area contributed by atoms with E-state index < -0.39 is 17.5 Å². The normalized spacial score (nSPS) is 16.3. The van der Waals surface area contributed by atoms with Crippen LogP contribution in [0.15, 0.2) is 30.7 Å². The SMILES string of the molecule is CCn1cc2c(N3CCC(NC)C3)cc(F)c(C(=O)Nc3cc(F)c4nc(C)cn4c3)c2n1. The van der Waals surface area contributed by atoms with Gasteiger partial charge >= 0.3 is 0 Å². The van der Waals surface area contributed by atoms with Gasteiger partial charge in [-0.3, -0.25) is 9.48 Å². The summed E-state index contributed by atoms with van der Waals surface area (Å²) in [6.07, 6.45) is 5.99. The minimum absolute atomic E-state index is 0.160. The molecule has 172 valence electrons. The molecule has 10 heteroatoms. The molecule has 1 aliphatic rings. The van der Waals surface area contributed by atoms with Gasteiger partial charge in [0, 0.05) is 55.7 Å². The molecule has 5 rings (SSSR count). The Hall–Kier alpha value is -3.53. The third-order valence-corrected chi connectivity index (χ3v) is 6.15. The molecule has 0 spiro atoms. The fourth-order valence-corrected chi connectivity index (χ4v) is 4.47. The Balaban J connectivity index is 1.55. The first-order valence-electron chi connectivity index (χ1n) is 11.0. The first kappa shape index (κ1) is 21.3. The highest BCUT2D eigenvalue weighted by molar-refractivity contribution is 6.14. The lowest BCUT2D eigenvalue weighted by Gasteiger charge is -2.20. The molecule has 0 saturated carbocycles. The molecule has 1 aromatic carbocycles. The minimum atomic E-state index is -0.685. The summed E-state index contributed by atoms with van der Waals surface area (Å²) < 4.78 is 33.0. The van der Waals surface area contributed by atoms with Gasteiger partial charge in [0.15, 0.2) is 11.5 Å². The van der Waals surface area contributed by atoms with Crippen molar-refractivity contribution in [2.75, 3.05) is 30.4 Å². The van der Waals surface area contributed by atoms with Crippen LogP contribution < -0.4 is 15.5 Å². The molecule has 1 atom stereocenters. The smallest absolute Gasteiger partial charge is 0.260 e. The van der Waals surface area contributed by atoms with Gasteiger partial charge in [0.25, 0.3) is 5.91 Å². The van der Waals surface area contributed by atoms with Crippen LogP contribution in [0.1, 0.15) is 29.4 Å². The van der Waals surface area contributed by atoms with E-state index in [2.05, 4.69) is 25.6 Å². The van der Waals surface area contributed by atoms with Crippen LogP contribution in [0.2, 0.25) is 0 Å². The predicted octanol–water partition coefficient (Wildman–Crippen LogP) is 3.34. The summed E-state index contributed by atoms with van der Waals surface area (Å²) in [5.74, 6) is -1.93. The number of aryl methyl sites for hydroxylation is 2. The standard InChI is InChI=1S/C23H25F2N7O/c1-4-32-12-16-19(30-6-5-14(10-30)26-3)8-17(24)20(21(16)29-32)23(33)28-15-7-18(25)22-27-13(2)9-31(22)11-15/h7-9,11-12,14,26H,4-6,10H2,1-3H3,(H,28,33). The maximum atomic E-state index is 15.4. The Labute approximate surface area is 189 Å². The number of pyridine rings is 1. The Kier molecular flexibility index (Phi) is 5.24. The zero-order valence-corrected chi connectivity index (χ0v) is 18.7. The molecule has 0 bridgehead atoms. The van der Waals surface area contributed by atoms with Gasteiger partial charge in [0.05, 0.1) is 17.1 Å². The van der Waals surface area contributed by atoms with E-state index in [1.165, 1.54) is 16.5 Å². The summed E-state index contributed by atoms with van der Waals surface area (Å²) >= 11 is 0. The first-order chi connectivity index (χ1) is 15.9. The number of aromatic nitrogens is 4. The number of hydrogen-bond donors (Lipinski definition) is 2. The van der Waals surface area contributed by atoms with Gasteiger partial charge in [0.2, 0.25) is 0 Å². The number of rotatable bonds is 5. The van der Waals surface area contributed by atoms with Crippen LogP contribution in [-0.4, -0.2) is 51.3 Å². The molecule has 1 unspecified atom stereocenters. The minimum Gasteiger partial charge on any atom is -0.369 e.